The number of nitrogens with two attached hydrogens (primary N) is 1. The summed E-state index contributed by atoms with van der Waals surface area (Å²) in [5.41, 5.74) is 5.41. The fourth-order valence-electron chi connectivity index (χ4n) is 3.35. The Kier molecular flexibility index (Phi) is 10.1. The lowest BCUT2D eigenvalue weighted by Crippen LogP contribution is -2.48. The molecule has 2 rings (SSSR count). The minimum Gasteiger partial charge on any atom is -0.464 e. The third kappa shape index (κ3) is 8.04. The molecular weight excluding hydrogens is 491 g/mol. The van der Waals surface area contributed by atoms with Gasteiger partial charge in [0.05, 0.1) is 31.7 Å². The number of anilines is 1. The standard InChI is InChI=1S/C22H37N6O7P/c1-8-9-32-20(30)21(5,6)27-36(31,35-22(7,11-29)34-15(2)3)14-33-16(4)10-28-13-26-17-18(23)24-12-25-19(17)28/h11-13,15-16H,8-10,14H2,1-7H3,(H,27,31)(H2,23,24,25). The number of aldehydes is 1. The van der Waals surface area contributed by atoms with E-state index in [4.69, 9.17) is 24.5 Å². The van der Waals surface area contributed by atoms with Crippen molar-refractivity contribution < 1.29 is 32.9 Å². The fraction of sp³-hybridized carbons (Fsp3) is 0.682. The van der Waals surface area contributed by atoms with Gasteiger partial charge in [0, 0.05) is 0 Å². The van der Waals surface area contributed by atoms with Crippen molar-refractivity contribution in [2.45, 2.75) is 85.0 Å². The summed E-state index contributed by atoms with van der Waals surface area (Å²) >= 11 is 0. The van der Waals surface area contributed by atoms with Crippen molar-refractivity contribution in [3.8, 4) is 0 Å². The third-order valence-corrected chi connectivity index (χ3v) is 6.87. The zero-order chi connectivity index (χ0) is 27.1. The van der Waals surface area contributed by atoms with E-state index in [0.717, 1.165) is 0 Å². The van der Waals surface area contributed by atoms with Gasteiger partial charge >= 0.3 is 5.97 Å². The lowest BCUT2D eigenvalue weighted by atomic mass is 10.1. The summed E-state index contributed by atoms with van der Waals surface area (Å²) in [5.74, 6) is -2.22. The third-order valence-electron chi connectivity index (χ3n) is 4.82. The molecule has 13 nitrogen and oxygen atoms in total. The summed E-state index contributed by atoms with van der Waals surface area (Å²) in [5, 5.41) is 2.73. The molecule has 0 amide bonds. The van der Waals surface area contributed by atoms with Crippen LogP contribution < -0.4 is 10.8 Å². The van der Waals surface area contributed by atoms with E-state index in [9.17, 15) is 14.2 Å². The number of hydrogen-bond donors (Lipinski definition) is 2. The van der Waals surface area contributed by atoms with Gasteiger partial charge in [-0.3, -0.25) is 18.7 Å². The summed E-state index contributed by atoms with van der Waals surface area (Å²) in [7, 11) is -4.02. The number of esters is 1. The molecule has 0 aliphatic carbocycles. The van der Waals surface area contributed by atoms with Gasteiger partial charge in [0.15, 0.2) is 17.8 Å². The van der Waals surface area contributed by atoms with Crippen molar-refractivity contribution in [2.24, 2.45) is 0 Å². The molecule has 0 fully saturated rings. The van der Waals surface area contributed by atoms with Gasteiger partial charge in [-0.05, 0) is 48.0 Å². The molecule has 3 N–H and O–H groups in total. The molecule has 0 aromatic carbocycles. The molecular formula is C22H37N6O7P. The van der Waals surface area contributed by atoms with E-state index >= 15 is 0 Å². The van der Waals surface area contributed by atoms with Crippen LogP contribution in [0.25, 0.3) is 11.2 Å². The Balaban J connectivity index is 2.22. The lowest BCUT2D eigenvalue weighted by Gasteiger charge is -2.35. The smallest absolute Gasteiger partial charge is 0.326 e. The number of rotatable bonds is 15. The van der Waals surface area contributed by atoms with E-state index in [1.54, 1.807) is 31.7 Å². The van der Waals surface area contributed by atoms with Gasteiger partial charge in [-0.15, -0.1) is 0 Å². The Morgan fingerprint density at radius 1 is 1.25 bits per heavy atom. The van der Waals surface area contributed by atoms with Crippen molar-refractivity contribution in [1.29, 1.82) is 0 Å². The predicted molar refractivity (Wildman–Crippen MR) is 133 cm³/mol. The first-order valence-corrected chi connectivity index (χ1v) is 13.5. The largest absolute Gasteiger partial charge is 0.464 e. The highest BCUT2D eigenvalue weighted by atomic mass is 31.2. The van der Waals surface area contributed by atoms with E-state index in [-0.39, 0.29) is 12.4 Å². The number of ether oxygens (including phenoxy) is 3. The summed E-state index contributed by atoms with van der Waals surface area (Å²) in [6.45, 7) is 11.9. The first-order chi connectivity index (χ1) is 16.7. The molecule has 2 aromatic rings. The average molecular weight is 529 g/mol. The Bertz CT molecular complexity index is 1090. The zero-order valence-corrected chi connectivity index (χ0v) is 22.8. The molecule has 0 spiro atoms. The van der Waals surface area contributed by atoms with Crippen molar-refractivity contribution in [3.05, 3.63) is 12.7 Å². The van der Waals surface area contributed by atoms with Crippen LogP contribution in [0.4, 0.5) is 5.82 Å². The van der Waals surface area contributed by atoms with E-state index in [1.165, 1.54) is 27.1 Å². The topological polar surface area (TPSA) is 170 Å². The van der Waals surface area contributed by atoms with Crippen LogP contribution in [0.5, 0.6) is 0 Å². The predicted octanol–water partition coefficient (Wildman–Crippen LogP) is 2.64. The minimum atomic E-state index is -4.02. The van der Waals surface area contributed by atoms with Gasteiger partial charge in [0.1, 0.15) is 23.7 Å². The fourth-order valence-corrected chi connectivity index (χ4v) is 5.58. The number of imidazole rings is 1. The second-order valence-electron chi connectivity index (χ2n) is 9.37. The number of hydrogen-bond acceptors (Lipinski definition) is 11. The maximum atomic E-state index is 14.0. The maximum absolute atomic E-state index is 14.0. The van der Waals surface area contributed by atoms with Crippen LogP contribution in [0.15, 0.2) is 12.7 Å². The number of nitrogen functional groups attached to an aromatic ring is 1. The summed E-state index contributed by atoms with van der Waals surface area (Å²) in [6.07, 6.45) is 2.56. The van der Waals surface area contributed by atoms with E-state index in [1.807, 2.05) is 6.92 Å². The Morgan fingerprint density at radius 3 is 2.56 bits per heavy atom. The van der Waals surface area contributed by atoms with Gasteiger partial charge in [0.25, 0.3) is 7.52 Å². The normalized spacial score (nSPS) is 16.4. The quantitative estimate of drug-likeness (QED) is 0.150. The van der Waals surface area contributed by atoms with Crippen molar-refractivity contribution >= 4 is 36.8 Å². The number of nitrogens with one attached hydrogen (secondary N) is 1. The summed E-state index contributed by atoms with van der Waals surface area (Å²) < 4.78 is 38.0. The molecule has 0 radical (unpaired) electrons. The van der Waals surface area contributed by atoms with Gasteiger partial charge < -0.3 is 24.5 Å². The molecule has 2 heterocycles. The molecule has 2 aromatic heterocycles. The van der Waals surface area contributed by atoms with E-state index in [2.05, 4.69) is 20.0 Å². The van der Waals surface area contributed by atoms with Crippen LogP contribution in [0.3, 0.4) is 0 Å². The van der Waals surface area contributed by atoms with Crippen LogP contribution in [-0.2, 0) is 39.4 Å². The second kappa shape index (κ2) is 12.2. The van der Waals surface area contributed by atoms with Crippen LogP contribution in [-0.4, -0.2) is 68.3 Å². The van der Waals surface area contributed by atoms with Crippen LogP contribution >= 0.6 is 7.52 Å². The number of fused-ring (bicyclic) bond motifs is 1. The lowest BCUT2D eigenvalue weighted by molar-refractivity contribution is -0.187. The van der Waals surface area contributed by atoms with Gasteiger partial charge in [-0.1, -0.05) is 6.92 Å². The highest BCUT2D eigenvalue weighted by molar-refractivity contribution is 7.56. The van der Waals surface area contributed by atoms with Gasteiger partial charge in [-0.25, -0.2) is 20.0 Å². The molecule has 0 aliphatic rings. The van der Waals surface area contributed by atoms with Crippen molar-refractivity contribution in [2.75, 3.05) is 18.7 Å². The highest BCUT2D eigenvalue weighted by Gasteiger charge is 2.44. The zero-order valence-electron chi connectivity index (χ0n) is 21.9. The molecule has 14 heteroatoms. The summed E-state index contributed by atoms with van der Waals surface area (Å²) in [6, 6.07) is 0. The van der Waals surface area contributed by atoms with Crippen LogP contribution in [0.1, 0.15) is 54.9 Å². The number of carbonyl (C=O) groups excluding carboxylic acids is 2. The number of carbonyl (C=O) groups is 2. The highest BCUT2D eigenvalue weighted by Crippen LogP contribution is 2.49. The van der Waals surface area contributed by atoms with Gasteiger partial charge in [0.2, 0.25) is 5.79 Å². The van der Waals surface area contributed by atoms with Crippen LogP contribution in [0, 0.1) is 0 Å². The molecule has 202 valence electrons. The number of aromatic nitrogens is 4. The average Bonchev–Trinajstić information content (AvgIpc) is 3.19. The molecule has 0 saturated heterocycles. The monoisotopic (exact) mass is 528 g/mol. The van der Waals surface area contributed by atoms with Crippen molar-refractivity contribution in [1.82, 2.24) is 24.6 Å². The maximum Gasteiger partial charge on any atom is 0.326 e. The molecule has 0 aliphatic heterocycles. The molecule has 3 atom stereocenters. The Morgan fingerprint density at radius 2 is 1.94 bits per heavy atom. The molecule has 0 bridgehead atoms. The number of nitrogens with zero attached hydrogens (tertiary/aromatic N) is 4. The van der Waals surface area contributed by atoms with Gasteiger partial charge in [-0.2, -0.15) is 0 Å². The molecule has 36 heavy (non-hydrogen) atoms. The van der Waals surface area contributed by atoms with E-state index in [0.29, 0.717) is 30.4 Å². The Hall–Kier alpha value is -2.44. The minimum absolute atomic E-state index is 0.206. The first-order valence-electron chi connectivity index (χ1n) is 11.7. The van der Waals surface area contributed by atoms with Crippen molar-refractivity contribution in [3.63, 3.8) is 0 Å². The van der Waals surface area contributed by atoms with Crippen LogP contribution in [0.2, 0.25) is 0 Å². The molecule has 0 saturated carbocycles. The Labute approximate surface area is 210 Å². The SMILES string of the molecule is CCCOC(=O)C(C)(C)NP(=O)(COC(C)Cn1cnc2c(N)ncnc21)OC(C)(C=O)OC(C)C. The van der Waals surface area contributed by atoms with E-state index < -0.39 is 43.4 Å². The summed E-state index contributed by atoms with van der Waals surface area (Å²) in [4.78, 5) is 36.7. The first kappa shape index (κ1) is 29.8. The molecule has 3 unspecified atom stereocenters. The second-order valence-corrected chi connectivity index (χ2v) is 11.4.